The topological polar surface area (TPSA) is 81.4 Å². The Kier molecular flexibility index (Phi) is 5.59. The van der Waals surface area contributed by atoms with Crippen molar-refractivity contribution in [1.82, 2.24) is 4.72 Å². The average Bonchev–Trinajstić information content (AvgIpc) is 2.92. The molecule has 0 aliphatic heterocycles. The zero-order valence-corrected chi connectivity index (χ0v) is 13.8. The summed E-state index contributed by atoms with van der Waals surface area (Å²) in [5.74, 6) is -0.853. The predicted molar refractivity (Wildman–Crippen MR) is 81.9 cm³/mol. The summed E-state index contributed by atoms with van der Waals surface area (Å²) in [4.78, 5) is -0.463. The van der Waals surface area contributed by atoms with Gasteiger partial charge in [0.25, 0.3) is 0 Å². The standard InChI is InChI=1S/C13H18BrFN2O3S/c14-11-7-9(16)8-12(13(11)15)21(18,19)17-5-6-20-10-3-1-2-4-10/h7-8,10,17H,1-6,16H2. The molecule has 3 N–H and O–H groups in total. The van der Waals surface area contributed by atoms with Gasteiger partial charge in [-0.2, -0.15) is 0 Å². The minimum absolute atomic E-state index is 0.0186. The number of anilines is 1. The first-order chi connectivity index (χ1) is 9.90. The van der Waals surface area contributed by atoms with Crippen molar-refractivity contribution in [2.75, 3.05) is 18.9 Å². The van der Waals surface area contributed by atoms with Crippen molar-refractivity contribution in [3.63, 3.8) is 0 Å². The highest BCUT2D eigenvalue weighted by molar-refractivity contribution is 9.10. The molecule has 1 aromatic carbocycles. The van der Waals surface area contributed by atoms with E-state index in [0.717, 1.165) is 31.7 Å². The van der Waals surface area contributed by atoms with E-state index in [1.807, 2.05) is 0 Å². The maximum absolute atomic E-state index is 13.9. The van der Waals surface area contributed by atoms with Crippen LogP contribution in [0.15, 0.2) is 21.5 Å². The van der Waals surface area contributed by atoms with Gasteiger partial charge in [0.1, 0.15) is 4.90 Å². The lowest BCUT2D eigenvalue weighted by molar-refractivity contribution is 0.0626. The second kappa shape index (κ2) is 7.04. The Balaban J connectivity index is 1.95. The van der Waals surface area contributed by atoms with Gasteiger partial charge in [-0.25, -0.2) is 17.5 Å². The van der Waals surface area contributed by atoms with E-state index in [1.54, 1.807) is 0 Å². The Labute approximate surface area is 132 Å². The van der Waals surface area contributed by atoms with Gasteiger partial charge < -0.3 is 10.5 Å². The molecule has 1 aliphatic carbocycles. The van der Waals surface area contributed by atoms with Gasteiger partial charge >= 0.3 is 0 Å². The summed E-state index contributed by atoms with van der Waals surface area (Å²) in [6.07, 6.45) is 4.55. The molecule has 0 radical (unpaired) electrons. The summed E-state index contributed by atoms with van der Waals surface area (Å²) in [5, 5.41) is 0. The largest absolute Gasteiger partial charge is 0.399 e. The van der Waals surface area contributed by atoms with Gasteiger partial charge in [-0.1, -0.05) is 12.8 Å². The van der Waals surface area contributed by atoms with Crippen LogP contribution in [0.5, 0.6) is 0 Å². The number of nitrogen functional groups attached to an aromatic ring is 1. The maximum Gasteiger partial charge on any atom is 0.243 e. The predicted octanol–water partition coefficient (Wildman–Crippen LogP) is 2.41. The third kappa shape index (κ3) is 4.38. The molecular weight excluding hydrogens is 363 g/mol. The van der Waals surface area contributed by atoms with E-state index in [2.05, 4.69) is 20.7 Å². The lowest BCUT2D eigenvalue weighted by Crippen LogP contribution is -2.29. The molecule has 0 saturated heterocycles. The van der Waals surface area contributed by atoms with Gasteiger partial charge in [0.15, 0.2) is 5.82 Å². The molecule has 5 nitrogen and oxygen atoms in total. The maximum atomic E-state index is 13.9. The van der Waals surface area contributed by atoms with E-state index in [-0.39, 0.29) is 29.4 Å². The molecule has 8 heteroatoms. The molecule has 1 aliphatic rings. The summed E-state index contributed by atoms with van der Waals surface area (Å²) >= 11 is 2.94. The zero-order chi connectivity index (χ0) is 15.5. The number of nitrogens with one attached hydrogen (secondary N) is 1. The third-order valence-corrected chi connectivity index (χ3v) is 5.39. The summed E-state index contributed by atoms with van der Waals surface area (Å²) in [6, 6.07) is 2.41. The number of benzene rings is 1. The average molecular weight is 381 g/mol. The number of hydrogen-bond donors (Lipinski definition) is 2. The second-order valence-corrected chi connectivity index (χ2v) is 7.58. The van der Waals surface area contributed by atoms with Crippen LogP contribution in [0.4, 0.5) is 10.1 Å². The Hall–Kier alpha value is -0.700. The summed E-state index contributed by atoms with van der Waals surface area (Å²) in [7, 11) is -3.95. The fourth-order valence-electron chi connectivity index (χ4n) is 2.31. The normalized spacial score (nSPS) is 16.5. The van der Waals surface area contributed by atoms with Crippen LogP contribution < -0.4 is 10.5 Å². The van der Waals surface area contributed by atoms with E-state index in [0.29, 0.717) is 0 Å². The van der Waals surface area contributed by atoms with Crippen LogP contribution in [-0.4, -0.2) is 27.7 Å². The molecule has 2 rings (SSSR count). The molecule has 0 unspecified atom stereocenters. The lowest BCUT2D eigenvalue weighted by Gasteiger charge is -2.12. The highest BCUT2D eigenvalue weighted by Gasteiger charge is 2.22. The van der Waals surface area contributed by atoms with Gasteiger partial charge in [0.05, 0.1) is 17.2 Å². The van der Waals surface area contributed by atoms with E-state index in [1.165, 1.54) is 6.07 Å². The van der Waals surface area contributed by atoms with Crippen LogP contribution in [0, 0.1) is 5.82 Å². The molecule has 1 fully saturated rings. The minimum Gasteiger partial charge on any atom is -0.399 e. The van der Waals surface area contributed by atoms with Crippen LogP contribution in [0.1, 0.15) is 25.7 Å². The molecule has 1 aromatic rings. The van der Waals surface area contributed by atoms with Crippen molar-refractivity contribution in [3.05, 3.63) is 22.4 Å². The number of ether oxygens (including phenoxy) is 1. The Morgan fingerprint density at radius 1 is 1.38 bits per heavy atom. The fourth-order valence-corrected chi connectivity index (χ4v) is 4.07. The van der Waals surface area contributed by atoms with Gasteiger partial charge in [-0.3, -0.25) is 0 Å². The quantitative estimate of drug-likeness (QED) is 0.586. The van der Waals surface area contributed by atoms with Crippen molar-refractivity contribution in [2.24, 2.45) is 0 Å². The Morgan fingerprint density at radius 2 is 2.05 bits per heavy atom. The van der Waals surface area contributed by atoms with Gasteiger partial charge in [-0.05, 0) is 40.9 Å². The zero-order valence-electron chi connectivity index (χ0n) is 11.4. The molecule has 118 valence electrons. The van der Waals surface area contributed by atoms with Crippen LogP contribution in [0.3, 0.4) is 0 Å². The van der Waals surface area contributed by atoms with Crippen molar-refractivity contribution >= 4 is 31.6 Å². The molecule has 0 heterocycles. The summed E-state index contributed by atoms with van der Waals surface area (Å²) < 4.78 is 45.9. The smallest absolute Gasteiger partial charge is 0.243 e. The first kappa shape index (κ1) is 16.7. The lowest BCUT2D eigenvalue weighted by atomic mass is 10.3. The van der Waals surface area contributed by atoms with Crippen LogP contribution >= 0.6 is 15.9 Å². The molecule has 0 amide bonds. The first-order valence-electron chi connectivity index (χ1n) is 6.76. The number of halogens is 2. The van der Waals surface area contributed by atoms with E-state index in [9.17, 15) is 12.8 Å². The molecule has 0 spiro atoms. The highest BCUT2D eigenvalue weighted by Crippen LogP contribution is 2.26. The van der Waals surface area contributed by atoms with Crippen molar-refractivity contribution in [1.29, 1.82) is 0 Å². The molecule has 0 bridgehead atoms. The minimum atomic E-state index is -3.95. The molecule has 0 atom stereocenters. The first-order valence-corrected chi connectivity index (χ1v) is 9.03. The SMILES string of the molecule is Nc1cc(Br)c(F)c(S(=O)(=O)NCCOC2CCCC2)c1. The van der Waals surface area contributed by atoms with Crippen molar-refractivity contribution in [2.45, 2.75) is 36.7 Å². The summed E-state index contributed by atoms with van der Waals surface area (Å²) in [5.41, 5.74) is 5.72. The van der Waals surface area contributed by atoms with E-state index >= 15 is 0 Å². The molecular formula is C13H18BrFN2O3S. The van der Waals surface area contributed by atoms with Crippen molar-refractivity contribution < 1.29 is 17.5 Å². The molecule has 21 heavy (non-hydrogen) atoms. The van der Waals surface area contributed by atoms with Crippen LogP contribution in [0.2, 0.25) is 0 Å². The van der Waals surface area contributed by atoms with Gasteiger partial charge in [-0.15, -0.1) is 0 Å². The van der Waals surface area contributed by atoms with Gasteiger partial charge in [0, 0.05) is 12.2 Å². The second-order valence-electron chi connectivity index (χ2n) is 4.99. The van der Waals surface area contributed by atoms with E-state index in [4.69, 9.17) is 10.5 Å². The Morgan fingerprint density at radius 3 is 2.71 bits per heavy atom. The molecule has 0 aromatic heterocycles. The van der Waals surface area contributed by atoms with Crippen molar-refractivity contribution in [3.8, 4) is 0 Å². The Bertz CT molecular complexity index is 604. The van der Waals surface area contributed by atoms with E-state index < -0.39 is 20.7 Å². The monoisotopic (exact) mass is 380 g/mol. The fraction of sp³-hybridized carbons (Fsp3) is 0.538. The number of sulfonamides is 1. The third-order valence-electron chi connectivity index (χ3n) is 3.36. The number of rotatable bonds is 6. The molecule has 1 saturated carbocycles. The van der Waals surface area contributed by atoms with Crippen LogP contribution in [-0.2, 0) is 14.8 Å². The highest BCUT2D eigenvalue weighted by atomic mass is 79.9. The van der Waals surface area contributed by atoms with Gasteiger partial charge in [0.2, 0.25) is 10.0 Å². The number of nitrogens with two attached hydrogens (primary N) is 1. The number of hydrogen-bond acceptors (Lipinski definition) is 4. The van der Waals surface area contributed by atoms with Crippen LogP contribution in [0.25, 0.3) is 0 Å². The summed E-state index contributed by atoms with van der Waals surface area (Å²) in [6.45, 7) is 0.375.